The number of likely N-dealkylation sites (tertiary alicyclic amines) is 1. The third kappa shape index (κ3) is 4.57. The molecule has 6 nitrogen and oxygen atoms in total. The van der Waals surface area contributed by atoms with E-state index in [0.717, 1.165) is 44.3 Å². The maximum atomic E-state index is 12.8. The lowest BCUT2D eigenvalue weighted by Gasteiger charge is -2.36. The summed E-state index contributed by atoms with van der Waals surface area (Å²) in [5, 5.41) is 6.27. The van der Waals surface area contributed by atoms with Crippen molar-refractivity contribution in [2.45, 2.75) is 45.6 Å². The van der Waals surface area contributed by atoms with Gasteiger partial charge >= 0.3 is 0 Å². The fraction of sp³-hybridized carbons (Fsp3) is 0.632. The van der Waals surface area contributed by atoms with Crippen LogP contribution in [0.15, 0.2) is 18.3 Å². The van der Waals surface area contributed by atoms with Crippen molar-refractivity contribution < 1.29 is 9.59 Å². The number of anilines is 1. The van der Waals surface area contributed by atoms with Crippen LogP contribution in [0.4, 0.5) is 5.82 Å². The minimum Gasteiger partial charge on any atom is -0.342 e. The number of nitrogens with zero attached hydrogens (tertiary/aromatic N) is 2. The molecule has 2 aliphatic rings. The number of piperidine rings is 2. The van der Waals surface area contributed by atoms with E-state index in [1.807, 2.05) is 24.0 Å². The molecule has 0 saturated carbocycles. The summed E-state index contributed by atoms with van der Waals surface area (Å²) < 4.78 is 0. The Bertz CT molecular complexity index is 616. The highest BCUT2D eigenvalue weighted by Gasteiger charge is 2.33. The van der Waals surface area contributed by atoms with Gasteiger partial charge in [-0.2, -0.15) is 0 Å². The first-order valence-corrected chi connectivity index (χ1v) is 9.28. The standard InChI is InChI=1S/C19H28N4O2/c1-13-5-6-17(21-11-13)22-18(24)16-4-3-9-23(12-16)19(25)15-7-8-20-14(2)10-15/h5-6,11,14-16,20H,3-4,7-10,12H2,1-2H3,(H,21,22,24)/t14-,15-,16?/m0/s1. The van der Waals surface area contributed by atoms with E-state index in [-0.39, 0.29) is 23.7 Å². The van der Waals surface area contributed by atoms with Gasteiger partial charge in [-0.1, -0.05) is 6.07 Å². The lowest BCUT2D eigenvalue weighted by molar-refractivity contribution is -0.139. The molecule has 2 fully saturated rings. The fourth-order valence-electron chi connectivity index (χ4n) is 3.78. The van der Waals surface area contributed by atoms with E-state index in [2.05, 4.69) is 22.5 Å². The predicted octanol–water partition coefficient (Wildman–Crippen LogP) is 1.96. The molecule has 0 radical (unpaired) electrons. The number of hydrogen-bond acceptors (Lipinski definition) is 4. The molecule has 6 heteroatoms. The highest BCUT2D eigenvalue weighted by Crippen LogP contribution is 2.24. The molecule has 0 aromatic carbocycles. The van der Waals surface area contributed by atoms with Crippen molar-refractivity contribution in [1.82, 2.24) is 15.2 Å². The lowest BCUT2D eigenvalue weighted by Crippen LogP contribution is -2.49. The molecule has 3 rings (SSSR count). The van der Waals surface area contributed by atoms with Crippen molar-refractivity contribution in [3.8, 4) is 0 Å². The predicted molar refractivity (Wildman–Crippen MR) is 97.1 cm³/mol. The van der Waals surface area contributed by atoms with Gasteiger partial charge in [0.05, 0.1) is 5.92 Å². The van der Waals surface area contributed by atoms with E-state index in [1.165, 1.54) is 0 Å². The topological polar surface area (TPSA) is 74.3 Å². The molecule has 1 aromatic heterocycles. The maximum absolute atomic E-state index is 12.8. The maximum Gasteiger partial charge on any atom is 0.230 e. The Morgan fingerprint density at radius 2 is 2.12 bits per heavy atom. The van der Waals surface area contributed by atoms with Gasteiger partial charge in [0.15, 0.2) is 0 Å². The summed E-state index contributed by atoms with van der Waals surface area (Å²) >= 11 is 0. The molecule has 2 aliphatic heterocycles. The van der Waals surface area contributed by atoms with Crippen LogP contribution in [0.1, 0.15) is 38.2 Å². The van der Waals surface area contributed by atoms with Crippen LogP contribution in [0.25, 0.3) is 0 Å². The first kappa shape index (κ1) is 17.9. The van der Waals surface area contributed by atoms with E-state index in [0.29, 0.717) is 18.4 Å². The third-order valence-corrected chi connectivity index (χ3v) is 5.24. The normalized spacial score (nSPS) is 27.0. The second-order valence-corrected chi connectivity index (χ2v) is 7.41. The van der Waals surface area contributed by atoms with Gasteiger partial charge in [0, 0.05) is 31.2 Å². The van der Waals surface area contributed by atoms with Crippen molar-refractivity contribution in [1.29, 1.82) is 0 Å². The van der Waals surface area contributed by atoms with Gasteiger partial charge in [0.25, 0.3) is 0 Å². The Morgan fingerprint density at radius 1 is 1.28 bits per heavy atom. The second-order valence-electron chi connectivity index (χ2n) is 7.41. The average molecular weight is 344 g/mol. The Balaban J connectivity index is 1.57. The number of aryl methyl sites for hydroxylation is 1. The highest BCUT2D eigenvalue weighted by molar-refractivity contribution is 5.92. The molecule has 0 spiro atoms. The zero-order chi connectivity index (χ0) is 17.8. The molecule has 3 atom stereocenters. The van der Waals surface area contributed by atoms with E-state index in [9.17, 15) is 9.59 Å². The lowest BCUT2D eigenvalue weighted by atomic mass is 9.90. The summed E-state index contributed by atoms with van der Waals surface area (Å²) in [4.78, 5) is 31.5. The van der Waals surface area contributed by atoms with Crippen LogP contribution in [-0.4, -0.2) is 47.4 Å². The fourth-order valence-corrected chi connectivity index (χ4v) is 3.78. The van der Waals surface area contributed by atoms with Crippen molar-refractivity contribution in [3.05, 3.63) is 23.9 Å². The third-order valence-electron chi connectivity index (χ3n) is 5.24. The monoisotopic (exact) mass is 344 g/mol. The molecule has 25 heavy (non-hydrogen) atoms. The number of carbonyl (C=O) groups is 2. The summed E-state index contributed by atoms with van der Waals surface area (Å²) in [6.07, 6.45) is 5.23. The molecular formula is C19H28N4O2. The van der Waals surface area contributed by atoms with Crippen LogP contribution in [0.5, 0.6) is 0 Å². The number of aromatic nitrogens is 1. The second kappa shape index (κ2) is 7.95. The van der Waals surface area contributed by atoms with Gasteiger partial charge < -0.3 is 15.5 Å². The SMILES string of the molecule is Cc1ccc(NC(=O)C2CCCN(C(=O)[C@H]3CCN[C@@H](C)C3)C2)nc1. The molecule has 2 N–H and O–H groups in total. The summed E-state index contributed by atoms with van der Waals surface area (Å²) in [5.74, 6) is 0.704. The van der Waals surface area contributed by atoms with Crippen LogP contribution in [0.2, 0.25) is 0 Å². The van der Waals surface area contributed by atoms with Crippen molar-refractivity contribution >= 4 is 17.6 Å². The smallest absolute Gasteiger partial charge is 0.230 e. The summed E-state index contributed by atoms with van der Waals surface area (Å²) in [7, 11) is 0. The first-order chi connectivity index (χ1) is 12.0. The van der Waals surface area contributed by atoms with E-state index < -0.39 is 0 Å². The van der Waals surface area contributed by atoms with Gasteiger partial charge in [0.1, 0.15) is 5.82 Å². The number of hydrogen-bond donors (Lipinski definition) is 2. The van der Waals surface area contributed by atoms with Crippen LogP contribution >= 0.6 is 0 Å². The van der Waals surface area contributed by atoms with Crippen molar-refractivity contribution in [3.63, 3.8) is 0 Å². The number of carbonyl (C=O) groups excluding carboxylic acids is 2. The minimum absolute atomic E-state index is 0.0347. The number of amides is 2. The van der Waals surface area contributed by atoms with Gasteiger partial charge in [-0.25, -0.2) is 4.98 Å². The van der Waals surface area contributed by atoms with Gasteiger partial charge in [-0.3, -0.25) is 9.59 Å². The van der Waals surface area contributed by atoms with Crippen molar-refractivity contribution in [2.24, 2.45) is 11.8 Å². The summed E-state index contributed by atoms with van der Waals surface area (Å²) in [6.45, 7) is 6.28. The molecule has 136 valence electrons. The average Bonchev–Trinajstić information content (AvgIpc) is 2.63. The zero-order valence-electron chi connectivity index (χ0n) is 15.1. The molecule has 2 amide bonds. The zero-order valence-corrected chi connectivity index (χ0v) is 15.1. The van der Waals surface area contributed by atoms with Gasteiger partial charge in [0.2, 0.25) is 11.8 Å². The van der Waals surface area contributed by atoms with Crippen LogP contribution in [0.3, 0.4) is 0 Å². The molecule has 1 aromatic rings. The van der Waals surface area contributed by atoms with Gasteiger partial charge in [-0.05, 0) is 57.7 Å². The van der Waals surface area contributed by atoms with Crippen LogP contribution in [-0.2, 0) is 9.59 Å². The molecule has 3 heterocycles. The first-order valence-electron chi connectivity index (χ1n) is 9.28. The Labute approximate surface area is 149 Å². The number of nitrogens with one attached hydrogen (secondary N) is 2. The highest BCUT2D eigenvalue weighted by atomic mass is 16.2. The Morgan fingerprint density at radius 3 is 2.84 bits per heavy atom. The van der Waals surface area contributed by atoms with E-state index in [1.54, 1.807) is 6.20 Å². The minimum atomic E-state index is -0.153. The number of pyridine rings is 1. The van der Waals surface area contributed by atoms with Crippen molar-refractivity contribution in [2.75, 3.05) is 25.0 Å². The molecule has 2 saturated heterocycles. The summed E-state index contributed by atoms with van der Waals surface area (Å²) in [6, 6.07) is 4.13. The Kier molecular flexibility index (Phi) is 5.68. The van der Waals surface area contributed by atoms with Gasteiger partial charge in [-0.15, -0.1) is 0 Å². The summed E-state index contributed by atoms with van der Waals surface area (Å²) in [5.41, 5.74) is 1.06. The Hall–Kier alpha value is -1.95. The molecule has 1 unspecified atom stereocenters. The van der Waals surface area contributed by atoms with E-state index in [4.69, 9.17) is 0 Å². The van der Waals surface area contributed by atoms with Crippen LogP contribution in [0, 0.1) is 18.8 Å². The molecule has 0 bridgehead atoms. The van der Waals surface area contributed by atoms with Crippen LogP contribution < -0.4 is 10.6 Å². The molecular weight excluding hydrogens is 316 g/mol. The number of rotatable bonds is 3. The largest absolute Gasteiger partial charge is 0.342 e. The molecule has 0 aliphatic carbocycles. The quantitative estimate of drug-likeness (QED) is 0.879. The van der Waals surface area contributed by atoms with E-state index >= 15 is 0 Å².